The van der Waals surface area contributed by atoms with Crippen LogP contribution in [0.25, 0.3) is 17.0 Å². The highest BCUT2D eigenvalue weighted by Gasteiger charge is 2.20. The lowest BCUT2D eigenvalue weighted by atomic mass is 10.3. The van der Waals surface area contributed by atoms with Gasteiger partial charge in [-0.3, -0.25) is 0 Å². The summed E-state index contributed by atoms with van der Waals surface area (Å²) in [6, 6.07) is 0. The summed E-state index contributed by atoms with van der Waals surface area (Å²) in [5.74, 6) is -0.245. The molecule has 0 amide bonds. The lowest BCUT2D eigenvalue weighted by Crippen LogP contribution is -2.03. The zero-order chi connectivity index (χ0) is 15.0. The van der Waals surface area contributed by atoms with Gasteiger partial charge in [-0.1, -0.05) is 0 Å². The summed E-state index contributed by atoms with van der Waals surface area (Å²) in [5.41, 5.74) is 2.33. The molecule has 3 rings (SSSR count). The molecule has 0 radical (unpaired) electrons. The number of nitrogens with zero attached hydrogens (tertiary/aromatic N) is 6. The first-order chi connectivity index (χ1) is 10.1. The van der Waals surface area contributed by atoms with Crippen molar-refractivity contribution in [2.75, 3.05) is 5.43 Å². The molecule has 3 aromatic rings. The minimum atomic E-state index is -2.92. The number of rotatable bonds is 4. The highest BCUT2D eigenvalue weighted by atomic mass is 19.3. The number of halogens is 2. The Balaban J connectivity index is 2.12. The van der Waals surface area contributed by atoms with E-state index in [1.165, 1.54) is 23.0 Å². The maximum absolute atomic E-state index is 12.8. The highest BCUT2D eigenvalue weighted by Crippen LogP contribution is 2.30. The number of fused-ring (bicyclic) bond motifs is 1. The van der Waals surface area contributed by atoms with Gasteiger partial charge in [-0.25, -0.2) is 15.4 Å². The molecule has 0 saturated carbocycles. The van der Waals surface area contributed by atoms with Crippen molar-refractivity contribution in [2.45, 2.75) is 6.55 Å². The van der Waals surface area contributed by atoms with Crippen LogP contribution in [0.2, 0.25) is 0 Å². The molecular formula is C10H7F2N7O2. The molecule has 3 aromatic heterocycles. The topological polar surface area (TPSA) is 110 Å². The van der Waals surface area contributed by atoms with Crippen molar-refractivity contribution >= 4 is 11.5 Å². The Kier molecular flexibility index (Phi) is 2.93. The van der Waals surface area contributed by atoms with Crippen molar-refractivity contribution in [1.29, 1.82) is 0 Å². The minimum absolute atomic E-state index is 0.0702. The maximum Gasteiger partial charge on any atom is 0.333 e. The van der Waals surface area contributed by atoms with Gasteiger partial charge in [0.2, 0.25) is 0 Å². The summed E-state index contributed by atoms with van der Waals surface area (Å²) < 4.78 is 27.5. The number of aromatic hydroxyl groups is 1. The van der Waals surface area contributed by atoms with E-state index in [0.717, 1.165) is 6.20 Å². The summed E-state index contributed by atoms with van der Waals surface area (Å²) in [5, 5.41) is 15.5. The Labute approximate surface area is 114 Å². The van der Waals surface area contributed by atoms with Crippen LogP contribution >= 0.6 is 0 Å². The van der Waals surface area contributed by atoms with E-state index in [1.807, 2.05) is 0 Å². The summed E-state index contributed by atoms with van der Waals surface area (Å²) in [7, 11) is 0. The minimum Gasteiger partial charge on any atom is -0.504 e. The summed E-state index contributed by atoms with van der Waals surface area (Å²) in [6.45, 7) is -2.92. The van der Waals surface area contributed by atoms with Gasteiger partial charge in [-0.2, -0.15) is 18.6 Å². The van der Waals surface area contributed by atoms with Crippen molar-refractivity contribution in [2.24, 2.45) is 5.29 Å². The summed E-state index contributed by atoms with van der Waals surface area (Å²) in [4.78, 5) is 18.0. The molecule has 0 aromatic carbocycles. The number of aromatic nitrogens is 5. The van der Waals surface area contributed by atoms with Crippen LogP contribution in [0.1, 0.15) is 6.55 Å². The van der Waals surface area contributed by atoms with Gasteiger partial charge in [-0.05, 0) is 0 Å². The average Bonchev–Trinajstić information content (AvgIpc) is 3.01. The molecule has 0 aliphatic rings. The quantitative estimate of drug-likeness (QED) is 0.561. The van der Waals surface area contributed by atoms with Crippen LogP contribution in [0.3, 0.4) is 0 Å². The van der Waals surface area contributed by atoms with E-state index < -0.39 is 12.3 Å². The smallest absolute Gasteiger partial charge is 0.333 e. The Bertz CT molecular complexity index is 813. The second kappa shape index (κ2) is 4.77. The van der Waals surface area contributed by atoms with Crippen molar-refractivity contribution < 1.29 is 13.9 Å². The zero-order valence-electron chi connectivity index (χ0n) is 10.2. The molecule has 2 N–H and O–H groups in total. The van der Waals surface area contributed by atoms with Crippen molar-refractivity contribution in [1.82, 2.24) is 24.1 Å². The highest BCUT2D eigenvalue weighted by molar-refractivity contribution is 5.63. The fourth-order valence-corrected chi connectivity index (χ4v) is 1.87. The van der Waals surface area contributed by atoms with Gasteiger partial charge in [0, 0.05) is 6.20 Å². The first-order valence-electron chi connectivity index (χ1n) is 5.58. The number of hydrogen-bond donors (Lipinski definition) is 2. The molecule has 3 heterocycles. The second-order valence-electron chi connectivity index (χ2n) is 3.97. The largest absolute Gasteiger partial charge is 0.504 e. The van der Waals surface area contributed by atoms with Crippen molar-refractivity contribution in [3.05, 3.63) is 29.7 Å². The van der Waals surface area contributed by atoms with Gasteiger partial charge in [0.1, 0.15) is 11.4 Å². The van der Waals surface area contributed by atoms with Crippen molar-refractivity contribution in [3.63, 3.8) is 0 Å². The lowest BCUT2D eigenvalue weighted by molar-refractivity contribution is 0.0582. The van der Waals surface area contributed by atoms with Crippen LogP contribution in [0.5, 0.6) is 5.75 Å². The van der Waals surface area contributed by atoms with E-state index in [1.54, 1.807) is 0 Å². The standard InChI is InChI=1S/C10H7F2N7O2/c11-10(12)19-9(6(20)1-14-19)5-3-18-4-7(16-17-21)15-8(18)2-13-5/h1-4,10,20H,(H,16,21). The predicted molar refractivity (Wildman–Crippen MR) is 66.5 cm³/mol. The van der Waals surface area contributed by atoms with Crippen LogP contribution in [-0.2, 0) is 0 Å². The zero-order valence-corrected chi connectivity index (χ0v) is 10.2. The Morgan fingerprint density at radius 1 is 1.33 bits per heavy atom. The first-order valence-corrected chi connectivity index (χ1v) is 5.58. The third-order valence-corrected chi connectivity index (χ3v) is 2.71. The molecule has 0 saturated heterocycles. The van der Waals surface area contributed by atoms with Crippen LogP contribution in [0.15, 0.2) is 30.1 Å². The van der Waals surface area contributed by atoms with Crippen LogP contribution in [0.4, 0.5) is 14.6 Å². The molecule has 0 aliphatic carbocycles. The number of anilines is 1. The molecule has 0 bridgehead atoms. The van der Waals surface area contributed by atoms with Crippen LogP contribution < -0.4 is 5.43 Å². The van der Waals surface area contributed by atoms with Gasteiger partial charge < -0.3 is 9.51 Å². The molecular weight excluding hydrogens is 288 g/mol. The SMILES string of the molecule is O=NNc1cn2cc(-c3c(O)cnn3C(F)F)ncc2n1. The van der Waals surface area contributed by atoms with Gasteiger partial charge in [-0.15, -0.1) is 4.91 Å². The predicted octanol–water partition coefficient (Wildman–Crippen LogP) is 1.79. The molecule has 21 heavy (non-hydrogen) atoms. The van der Waals surface area contributed by atoms with E-state index >= 15 is 0 Å². The molecule has 9 nitrogen and oxygen atoms in total. The van der Waals surface area contributed by atoms with Crippen LogP contribution in [-0.4, -0.2) is 29.3 Å². The average molecular weight is 295 g/mol. The number of hydrogen-bond acceptors (Lipinski definition) is 6. The number of nitrogens with one attached hydrogen (secondary N) is 1. The molecule has 0 unspecified atom stereocenters. The van der Waals surface area contributed by atoms with E-state index in [4.69, 9.17) is 0 Å². The van der Waals surface area contributed by atoms with Gasteiger partial charge in [0.15, 0.2) is 17.2 Å². The number of imidazole rings is 1. The van der Waals surface area contributed by atoms with Crippen molar-refractivity contribution in [3.8, 4) is 17.1 Å². The van der Waals surface area contributed by atoms with E-state index in [2.05, 4.69) is 25.8 Å². The monoisotopic (exact) mass is 295 g/mol. The molecule has 0 atom stereocenters. The fourth-order valence-electron chi connectivity index (χ4n) is 1.87. The third kappa shape index (κ3) is 2.13. The lowest BCUT2D eigenvalue weighted by Gasteiger charge is -2.06. The van der Waals surface area contributed by atoms with Gasteiger partial charge >= 0.3 is 6.55 Å². The molecule has 0 aliphatic heterocycles. The van der Waals surface area contributed by atoms with Gasteiger partial charge in [0.05, 0.1) is 23.9 Å². The molecule has 11 heteroatoms. The first kappa shape index (κ1) is 12.9. The van der Waals surface area contributed by atoms with Crippen LogP contribution in [0, 0.1) is 4.91 Å². The fraction of sp³-hybridized carbons (Fsp3) is 0.100. The Morgan fingerprint density at radius 3 is 2.86 bits per heavy atom. The van der Waals surface area contributed by atoms with E-state index in [-0.39, 0.29) is 17.2 Å². The summed E-state index contributed by atoms with van der Waals surface area (Å²) >= 11 is 0. The normalized spacial score (nSPS) is 11.2. The Morgan fingerprint density at radius 2 is 2.14 bits per heavy atom. The molecule has 0 fully saturated rings. The molecule has 108 valence electrons. The van der Waals surface area contributed by atoms with E-state index in [9.17, 15) is 18.8 Å². The van der Waals surface area contributed by atoms with Gasteiger partial charge in [0.25, 0.3) is 0 Å². The summed E-state index contributed by atoms with van der Waals surface area (Å²) in [6.07, 6.45) is 4.99. The second-order valence-corrected chi connectivity index (χ2v) is 3.97. The third-order valence-electron chi connectivity index (χ3n) is 2.71. The maximum atomic E-state index is 12.8. The number of alkyl halides is 2. The Hall–Kier alpha value is -3.11. The number of nitroso groups, excluding NO2 is 1. The van der Waals surface area contributed by atoms with E-state index in [0.29, 0.717) is 10.3 Å². The molecule has 0 spiro atoms.